The van der Waals surface area contributed by atoms with Crippen molar-refractivity contribution >= 4 is 52.2 Å². The van der Waals surface area contributed by atoms with E-state index in [9.17, 15) is 14.4 Å². The number of halogens is 1. The van der Waals surface area contributed by atoms with Crippen LogP contribution in [0.5, 0.6) is 5.75 Å². The van der Waals surface area contributed by atoms with E-state index in [0.717, 1.165) is 19.6 Å². The molecule has 1 aliphatic heterocycles. The van der Waals surface area contributed by atoms with Crippen molar-refractivity contribution in [1.29, 1.82) is 0 Å². The molecule has 0 saturated carbocycles. The number of rotatable bonds is 5. The molecule has 1 aliphatic rings. The summed E-state index contributed by atoms with van der Waals surface area (Å²) in [5.74, 6) is -0.681. The number of carbonyl (C=O) groups is 3. The summed E-state index contributed by atoms with van der Waals surface area (Å²) in [5, 5.41) is 2.24. The Morgan fingerprint density at radius 3 is 2.18 bits per heavy atom. The lowest BCUT2D eigenvalue weighted by Crippen LogP contribution is -2.54. The fourth-order valence-electron chi connectivity index (χ4n) is 3.32. The summed E-state index contributed by atoms with van der Waals surface area (Å²) in [7, 11) is 0. The summed E-state index contributed by atoms with van der Waals surface area (Å²) in [6.07, 6.45) is 1.48. The number of hydrogen-bond donors (Lipinski definition) is 1. The zero-order valence-corrected chi connectivity index (χ0v) is 20.3. The Kier molecular flexibility index (Phi) is 6.60. The lowest BCUT2D eigenvalue weighted by molar-refractivity contribution is -0.122. The van der Waals surface area contributed by atoms with E-state index in [1.807, 2.05) is 44.2 Å². The molecule has 3 aromatic rings. The minimum absolute atomic E-state index is 0.112. The second-order valence-electron chi connectivity index (χ2n) is 7.76. The third-order valence-corrected chi connectivity index (χ3v) is 6.02. The maximum atomic E-state index is 13.0. The molecule has 0 unspecified atom stereocenters. The third kappa shape index (κ3) is 5.14. The molecule has 4 rings (SSSR count). The number of nitrogens with zero attached hydrogens (tertiary/aromatic N) is 1. The van der Waals surface area contributed by atoms with Gasteiger partial charge in [0.2, 0.25) is 0 Å². The lowest BCUT2D eigenvalue weighted by atomic mass is 10.1. The molecule has 0 aliphatic carbocycles. The number of urea groups is 1. The van der Waals surface area contributed by atoms with E-state index < -0.39 is 17.8 Å². The second-order valence-corrected chi connectivity index (χ2v) is 8.92. The Balaban J connectivity index is 1.55. The van der Waals surface area contributed by atoms with E-state index >= 15 is 0 Å². The van der Waals surface area contributed by atoms with Crippen LogP contribution >= 0.6 is 22.6 Å². The summed E-state index contributed by atoms with van der Waals surface area (Å²) in [6, 6.07) is 19.7. The number of ether oxygens (including phenoxy) is 1. The first-order valence-corrected chi connectivity index (χ1v) is 11.4. The van der Waals surface area contributed by atoms with Crippen molar-refractivity contribution in [2.24, 2.45) is 0 Å². The fraction of sp³-hybridized carbons (Fsp3) is 0.115. The topological polar surface area (TPSA) is 75.7 Å². The number of benzene rings is 3. The quantitative estimate of drug-likeness (QED) is 0.270. The largest absolute Gasteiger partial charge is 0.488 e. The number of aryl methyl sites for hydroxylation is 2. The fourth-order valence-corrected chi connectivity index (χ4v) is 4.02. The van der Waals surface area contributed by atoms with Crippen LogP contribution in [0.4, 0.5) is 10.5 Å². The highest BCUT2D eigenvalue weighted by molar-refractivity contribution is 14.1. The molecule has 4 amide bonds. The summed E-state index contributed by atoms with van der Waals surface area (Å²) >= 11 is 2.15. The SMILES string of the molecule is Cc1ccc(COc2ccc(/C=C3\C(=O)NC(=O)N(c4ccc(C)cc4)C3=O)cc2I)cc1. The van der Waals surface area contributed by atoms with Crippen molar-refractivity contribution in [1.82, 2.24) is 5.32 Å². The molecule has 33 heavy (non-hydrogen) atoms. The van der Waals surface area contributed by atoms with E-state index in [-0.39, 0.29) is 5.57 Å². The first-order chi connectivity index (χ1) is 15.8. The first-order valence-electron chi connectivity index (χ1n) is 10.3. The Hall–Kier alpha value is -3.46. The number of imide groups is 2. The van der Waals surface area contributed by atoms with E-state index in [0.29, 0.717) is 23.6 Å². The van der Waals surface area contributed by atoms with Crippen LogP contribution in [0.3, 0.4) is 0 Å². The van der Waals surface area contributed by atoms with Crippen LogP contribution in [0.15, 0.2) is 72.3 Å². The predicted octanol–water partition coefficient (Wildman–Crippen LogP) is 5.15. The van der Waals surface area contributed by atoms with Crippen LogP contribution in [0.1, 0.15) is 22.3 Å². The number of carbonyl (C=O) groups excluding carboxylic acids is 3. The van der Waals surface area contributed by atoms with Gasteiger partial charge in [0.1, 0.15) is 17.9 Å². The van der Waals surface area contributed by atoms with Gasteiger partial charge in [-0.1, -0.05) is 53.6 Å². The van der Waals surface area contributed by atoms with Gasteiger partial charge in [0.05, 0.1) is 9.26 Å². The molecule has 1 fully saturated rings. The number of nitrogens with one attached hydrogen (secondary N) is 1. The van der Waals surface area contributed by atoms with Crippen LogP contribution in [0.25, 0.3) is 6.08 Å². The third-order valence-electron chi connectivity index (χ3n) is 5.18. The summed E-state index contributed by atoms with van der Waals surface area (Å²) in [6.45, 7) is 4.38. The molecule has 0 radical (unpaired) electrons. The van der Waals surface area contributed by atoms with Crippen LogP contribution in [0, 0.1) is 17.4 Å². The molecule has 6 nitrogen and oxygen atoms in total. The van der Waals surface area contributed by atoms with Crippen LogP contribution in [-0.2, 0) is 16.2 Å². The number of hydrogen-bond acceptors (Lipinski definition) is 4. The molecule has 0 bridgehead atoms. The maximum Gasteiger partial charge on any atom is 0.335 e. The van der Waals surface area contributed by atoms with Gasteiger partial charge in [0.15, 0.2) is 0 Å². The standard InChI is InChI=1S/C26H21IN2O4/c1-16-3-7-18(8-4-16)15-33-23-12-9-19(14-22(23)27)13-21-24(30)28-26(32)29(25(21)31)20-10-5-17(2)6-11-20/h3-14H,15H2,1-2H3,(H,28,30,32)/b21-13+. The highest BCUT2D eigenvalue weighted by Crippen LogP contribution is 2.26. The van der Waals surface area contributed by atoms with Gasteiger partial charge in [0, 0.05) is 0 Å². The van der Waals surface area contributed by atoms with Gasteiger partial charge < -0.3 is 4.74 Å². The van der Waals surface area contributed by atoms with Gasteiger partial charge in [-0.2, -0.15) is 0 Å². The van der Waals surface area contributed by atoms with Crippen molar-refractivity contribution in [2.45, 2.75) is 20.5 Å². The van der Waals surface area contributed by atoms with Gasteiger partial charge in [-0.25, -0.2) is 9.69 Å². The average molecular weight is 552 g/mol. The van der Waals surface area contributed by atoms with Crippen molar-refractivity contribution in [3.05, 3.63) is 98.1 Å². The monoisotopic (exact) mass is 552 g/mol. The van der Waals surface area contributed by atoms with E-state index in [2.05, 4.69) is 27.9 Å². The van der Waals surface area contributed by atoms with E-state index in [1.54, 1.807) is 36.4 Å². The van der Waals surface area contributed by atoms with Gasteiger partial charge in [-0.3, -0.25) is 14.9 Å². The van der Waals surface area contributed by atoms with Gasteiger partial charge in [-0.15, -0.1) is 0 Å². The molecule has 0 spiro atoms. The second kappa shape index (κ2) is 9.58. The number of amides is 4. The van der Waals surface area contributed by atoms with Crippen molar-refractivity contribution in [3.8, 4) is 5.75 Å². The smallest absolute Gasteiger partial charge is 0.335 e. The molecule has 1 N–H and O–H groups in total. The molecule has 3 aromatic carbocycles. The molecule has 7 heteroatoms. The summed E-state index contributed by atoms with van der Waals surface area (Å²) in [5.41, 5.74) is 4.19. The molecule has 0 aromatic heterocycles. The van der Waals surface area contributed by atoms with Crippen molar-refractivity contribution in [3.63, 3.8) is 0 Å². The highest BCUT2D eigenvalue weighted by Gasteiger charge is 2.36. The van der Waals surface area contributed by atoms with E-state index in [1.165, 1.54) is 11.6 Å². The zero-order valence-electron chi connectivity index (χ0n) is 18.1. The summed E-state index contributed by atoms with van der Waals surface area (Å²) < 4.78 is 6.76. The van der Waals surface area contributed by atoms with Gasteiger partial charge >= 0.3 is 6.03 Å². The maximum absolute atomic E-state index is 13.0. The Morgan fingerprint density at radius 2 is 1.55 bits per heavy atom. The normalized spacial score (nSPS) is 15.1. The van der Waals surface area contributed by atoms with Crippen LogP contribution in [0.2, 0.25) is 0 Å². The zero-order chi connectivity index (χ0) is 23.5. The molecular formula is C26H21IN2O4. The van der Waals surface area contributed by atoms with Crippen molar-refractivity contribution in [2.75, 3.05) is 4.90 Å². The highest BCUT2D eigenvalue weighted by atomic mass is 127. The molecule has 1 saturated heterocycles. The molecule has 0 atom stereocenters. The van der Waals surface area contributed by atoms with Gasteiger partial charge in [0.25, 0.3) is 11.8 Å². The Bertz CT molecular complexity index is 1260. The minimum atomic E-state index is -0.763. The molecule has 1 heterocycles. The van der Waals surface area contributed by atoms with Crippen LogP contribution < -0.4 is 15.0 Å². The Morgan fingerprint density at radius 1 is 0.909 bits per heavy atom. The first kappa shape index (κ1) is 22.7. The lowest BCUT2D eigenvalue weighted by Gasteiger charge is -2.26. The molecule has 166 valence electrons. The van der Waals surface area contributed by atoms with E-state index in [4.69, 9.17) is 4.74 Å². The van der Waals surface area contributed by atoms with Gasteiger partial charge in [-0.05, 0) is 77.9 Å². The number of anilines is 1. The minimum Gasteiger partial charge on any atom is -0.488 e. The summed E-state index contributed by atoms with van der Waals surface area (Å²) in [4.78, 5) is 38.7. The predicted molar refractivity (Wildman–Crippen MR) is 135 cm³/mol. The average Bonchev–Trinajstić information content (AvgIpc) is 2.78. The van der Waals surface area contributed by atoms with Crippen LogP contribution in [-0.4, -0.2) is 17.8 Å². The Labute approximate surface area is 205 Å². The number of barbiturate groups is 1. The molecular weight excluding hydrogens is 531 g/mol. The van der Waals surface area contributed by atoms with Crippen molar-refractivity contribution < 1.29 is 19.1 Å².